The Kier molecular flexibility index (Phi) is 6.96. The minimum absolute atomic E-state index is 0.158. The van der Waals surface area contributed by atoms with Crippen LogP contribution in [-0.4, -0.2) is 46.7 Å². The third-order valence-electron chi connectivity index (χ3n) is 5.46. The van der Waals surface area contributed by atoms with Crippen molar-refractivity contribution in [3.8, 4) is 0 Å². The molecule has 32 heavy (non-hydrogen) atoms. The van der Waals surface area contributed by atoms with Crippen molar-refractivity contribution in [3.63, 3.8) is 0 Å². The first-order valence-electron chi connectivity index (χ1n) is 10.7. The minimum Gasteiger partial charge on any atom is -0.378 e. The zero-order valence-electron chi connectivity index (χ0n) is 18.3. The summed E-state index contributed by atoms with van der Waals surface area (Å²) < 4.78 is 7.31. The Morgan fingerprint density at radius 2 is 1.97 bits per heavy atom. The maximum absolute atomic E-state index is 12.6. The lowest BCUT2D eigenvalue weighted by molar-refractivity contribution is -0.118. The number of ether oxygens (including phenoxy) is 1. The highest BCUT2D eigenvalue weighted by Gasteiger charge is 2.16. The first kappa shape index (κ1) is 22.2. The van der Waals surface area contributed by atoms with Crippen LogP contribution in [0.4, 0.5) is 5.95 Å². The summed E-state index contributed by atoms with van der Waals surface area (Å²) in [5.41, 5.74) is 3.34. The van der Waals surface area contributed by atoms with Crippen molar-refractivity contribution in [1.82, 2.24) is 14.5 Å². The number of aromatic nitrogens is 3. The molecule has 1 aliphatic rings. The number of nitrogens with zero attached hydrogens (tertiary/aromatic N) is 4. The van der Waals surface area contributed by atoms with Crippen LogP contribution in [-0.2, 0) is 22.5 Å². The molecule has 0 unspecified atom stereocenters. The van der Waals surface area contributed by atoms with Gasteiger partial charge in [-0.15, -0.1) is 11.3 Å². The van der Waals surface area contributed by atoms with E-state index in [4.69, 9.17) is 4.74 Å². The molecule has 0 bridgehead atoms. The second-order valence-electron chi connectivity index (χ2n) is 7.86. The number of morpholine rings is 1. The van der Waals surface area contributed by atoms with Crippen molar-refractivity contribution < 1.29 is 9.53 Å². The fraction of sp³-hybridized carbons (Fsp3) is 0.391. The molecule has 1 N–H and O–H groups in total. The summed E-state index contributed by atoms with van der Waals surface area (Å²) in [5, 5.41) is 1.92. The SMILES string of the molecule is Cc1ccc(Cn2ccsc2=NC(=O)CCc2c(C)nc(N3CCOCC3)[nH]c2=O)cc1. The van der Waals surface area contributed by atoms with Gasteiger partial charge in [-0.1, -0.05) is 29.8 Å². The molecule has 3 heterocycles. The van der Waals surface area contributed by atoms with Crippen LogP contribution < -0.4 is 15.3 Å². The van der Waals surface area contributed by atoms with Gasteiger partial charge in [-0.3, -0.25) is 14.6 Å². The molecule has 0 aliphatic carbocycles. The van der Waals surface area contributed by atoms with Gasteiger partial charge < -0.3 is 14.2 Å². The molecule has 1 aromatic carbocycles. The van der Waals surface area contributed by atoms with Crippen LogP contribution in [0.5, 0.6) is 0 Å². The summed E-state index contributed by atoms with van der Waals surface area (Å²) in [6.45, 7) is 7.15. The molecule has 1 fully saturated rings. The number of thiazole rings is 1. The van der Waals surface area contributed by atoms with E-state index in [1.165, 1.54) is 16.9 Å². The fourth-order valence-electron chi connectivity index (χ4n) is 3.61. The zero-order chi connectivity index (χ0) is 22.5. The summed E-state index contributed by atoms with van der Waals surface area (Å²) >= 11 is 1.43. The van der Waals surface area contributed by atoms with Gasteiger partial charge in [-0.05, 0) is 25.8 Å². The van der Waals surface area contributed by atoms with E-state index in [1.807, 2.05) is 28.0 Å². The summed E-state index contributed by atoms with van der Waals surface area (Å²) in [6, 6.07) is 8.30. The number of rotatable bonds is 6. The van der Waals surface area contributed by atoms with Gasteiger partial charge in [0.15, 0.2) is 4.80 Å². The number of H-pyrrole nitrogens is 1. The van der Waals surface area contributed by atoms with Crippen LogP contribution in [0.1, 0.15) is 28.8 Å². The van der Waals surface area contributed by atoms with Gasteiger partial charge >= 0.3 is 0 Å². The van der Waals surface area contributed by atoms with Crippen molar-refractivity contribution in [3.05, 3.63) is 73.4 Å². The maximum Gasteiger partial charge on any atom is 0.255 e. The van der Waals surface area contributed by atoms with Crippen molar-refractivity contribution in [2.24, 2.45) is 4.99 Å². The number of carbonyl (C=O) groups is 1. The Bertz CT molecular complexity index is 1200. The smallest absolute Gasteiger partial charge is 0.255 e. The second-order valence-corrected chi connectivity index (χ2v) is 8.73. The number of hydrogen-bond donors (Lipinski definition) is 1. The Labute approximate surface area is 190 Å². The van der Waals surface area contributed by atoms with Gasteiger partial charge in [0.25, 0.3) is 5.56 Å². The van der Waals surface area contributed by atoms with E-state index >= 15 is 0 Å². The second kappa shape index (κ2) is 10.1. The number of aromatic amines is 1. The lowest BCUT2D eigenvalue weighted by Gasteiger charge is -2.27. The molecule has 0 saturated carbocycles. The monoisotopic (exact) mass is 453 g/mol. The van der Waals surface area contributed by atoms with Crippen molar-refractivity contribution in [2.75, 3.05) is 31.2 Å². The molecule has 3 aromatic rings. The van der Waals surface area contributed by atoms with Gasteiger partial charge in [-0.25, -0.2) is 4.98 Å². The van der Waals surface area contributed by atoms with Crippen LogP contribution in [0.3, 0.4) is 0 Å². The fourth-order valence-corrected chi connectivity index (χ4v) is 4.35. The van der Waals surface area contributed by atoms with Gasteiger partial charge in [0.05, 0.1) is 13.2 Å². The largest absolute Gasteiger partial charge is 0.378 e. The van der Waals surface area contributed by atoms with E-state index in [0.29, 0.717) is 61.3 Å². The Balaban J connectivity index is 1.43. The van der Waals surface area contributed by atoms with Crippen molar-refractivity contribution >= 4 is 23.2 Å². The highest BCUT2D eigenvalue weighted by Crippen LogP contribution is 2.11. The average Bonchev–Trinajstić information content (AvgIpc) is 3.21. The van der Waals surface area contributed by atoms with E-state index in [-0.39, 0.29) is 17.9 Å². The molecule has 0 spiro atoms. The van der Waals surface area contributed by atoms with E-state index in [0.717, 1.165) is 5.56 Å². The molecule has 2 aromatic heterocycles. The zero-order valence-corrected chi connectivity index (χ0v) is 19.2. The first-order valence-corrected chi connectivity index (χ1v) is 11.6. The minimum atomic E-state index is -0.249. The predicted molar refractivity (Wildman–Crippen MR) is 124 cm³/mol. The van der Waals surface area contributed by atoms with Crippen LogP contribution >= 0.6 is 11.3 Å². The number of aryl methyl sites for hydroxylation is 2. The number of nitrogens with one attached hydrogen (secondary N) is 1. The molecule has 168 valence electrons. The quantitative estimate of drug-likeness (QED) is 0.618. The standard InChI is InChI=1S/C23H27N5O3S/c1-16-3-5-18(6-4-16)15-28-11-14-32-23(28)25-20(29)8-7-19-17(2)24-22(26-21(19)30)27-9-12-31-13-10-27/h3-6,11,14H,7-10,12-13,15H2,1-2H3,(H,24,26,30). The normalized spacial score (nSPS) is 14.7. The van der Waals surface area contributed by atoms with Gasteiger partial charge in [0, 0.05) is 48.9 Å². The molecule has 0 atom stereocenters. The first-order chi connectivity index (χ1) is 15.5. The lowest BCUT2D eigenvalue weighted by Crippen LogP contribution is -2.38. The van der Waals surface area contributed by atoms with Crippen molar-refractivity contribution in [2.45, 2.75) is 33.2 Å². The third-order valence-corrected chi connectivity index (χ3v) is 6.26. The summed E-state index contributed by atoms with van der Waals surface area (Å²) in [4.78, 5) is 39.5. The highest BCUT2D eigenvalue weighted by molar-refractivity contribution is 7.07. The summed E-state index contributed by atoms with van der Waals surface area (Å²) in [5.74, 6) is 0.312. The Hall–Kier alpha value is -3.04. The summed E-state index contributed by atoms with van der Waals surface area (Å²) in [6.07, 6.45) is 2.40. The molecule has 1 saturated heterocycles. The molecule has 8 nitrogen and oxygen atoms in total. The molecular formula is C23H27N5O3S. The maximum atomic E-state index is 12.6. The molecule has 4 rings (SSSR count). The highest BCUT2D eigenvalue weighted by atomic mass is 32.1. The van der Waals surface area contributed by atoms with E-state index < -0.39 is 0 Å². The van der Waals surface area contributed by atoms with Crippen molar-refractivity contribution in [1.29, 1.82) is 0 Å². The molecule has 1 aliphatic heterocycles. The average molecular weight is 454 g/mol. The third kappa shape index (κ3) is 5.41. The topological polar surface area (TPSA) is 92.6 Å². The van der Waals surface area contributed by atoms with Gasteiger partial charge in [0.1, 0.15) is 0 Å². The number of hydrogen-bond acceptors (Lipinski definition) is 6. The van der Waals surface area contributed by atoms with Crippen LogP contribution in [0.15, 0.2) is 45.6 Å². The van der Waals surface area contributed by atoms with Gasteiger partial charge in [0.2, 0.25) is 11.9 Å². The number of amides is 1. The molecule has 1 amide bonds. The number of anilines is 1. The van der Waals surface area contributed by atoms with E-state index in [2.05, 4.69) is 46.1 Å². The van der Waals surface area contributed by atoms with E-state index in [1.54, 1.807) is 0 Å². The molecule has 9 heteroatoms. The van der Waals surface area contributed by atoms with E-state index in [9.17, 15) is 9.59 Å². The Morgan fingerprint density at radius 1 is 1.22 bits per heavy atom. The number of carbonyl (C=O) groups excluding carboxylic acids is 1. The van der Waals surface area contributed by atoms with Crippen LogP contribution in [0.25, 0.3) is 0 Å². The number of benzene rings is 1. The molecule has 0 radical (unpaired) electrons. The summed E-state index contributed by atoms with van der Waals surface area (Å²) in [7, 11) is 0. The molecular weight excluding hydrogens is 426 g/mol. The lowest BCUT2D eigenvalue weighted by atomic mass is 10.1. The van der Waals surface area contributed by atoms with Gasteiger partial charge in [-0.2, -0.15) is 4.99 Å². The van der Waals surface area contributed by atoms with Crippen LogP contribution in [0.2, 0.25) is 0 Å². The van der Waals surface area contributed by atoms with Crippen LogP contribution in [0, 0.1) is 13.8 Å². The predicted octanol–water partition coefficient (Wildman–Crippen LogP) is 2.19. The Morgan fingerprint density at radius 3 is 2.69 bits per heavy atom.